The highest BCUT2D eigenvalue weighted by molar-refractivity contribution is 5.46. The molecule has 0 spiro atoms. The molecule has 0 unspecified atom stereocenters. The molecular formula is C8H17N2O. The van der Waals surface area contributed by atoms with Crippen molar-refractivity contribution < 1.29 is 4.79 Å². The maximum atomic E-state index is 9.71. The predicted octanol–water partition coefficient (Wildman–Crippen LogP) is 0.421. The van der Waals surface area contributed by atoms with Crippen LogP contribution in [0, 0.1) is 0 Å². The largest absolute Gasteiger partial charge is 0.348 e. The summed E-state index contributed by atoms with van der Waals surface area (Å²) in [5.41, 5.74) is 0.172. The zero-order valence-electron chi connectivity index (χ0n) is 7.53. The van der Waals surface area contributed by atoms with Gasteiger partial charge in [0.15, 0.2) is 0 Å². The zero-order chi connectivity index (χ0) is 8.74. The van der Waals surface area contributed by atoms with E-state index in [1.807, 2.05) is 0 Å². The van der Waals surface area contributed by atoms with Gasteiger partial charge < -0.3 is 10.6 Å². The Kier molecular flexibility index (Phi) is 4.86. The molecule has 0 bridgehead atoms. The third-order valence-corrected chi connectivity index (χ3v) is 1.21. The Labute approximate surface area is 68.6 Å². The molecule has 3 heteroatoms. The molecule has 0 fully saturated rings. The molecule has 0 saturated heterocycles. The van der Waals surface area contributed by atoms with Crippen molar-refractivity contribution in [2.75, 3.05) is 13.1 Å². The number of nitrogens with one attached hydrogen (secondary N) is 2. The summed E-state index contributed by atoms with van der Waals surface area (Å²) in [6, 6.07) is 0. The molecule has 2 N–H and O–H groups in total. The summed E-state index contributed by atoms with van der Waals surface area (Å²) in [6.45, 7) is 7.98. The first-order chi connectivity index (χ1) is 5.06. The van der Waals surface area contributed by atoms with Gasteiger partial charge in [-0.2, -0.15) is 0 Å². The van der Waals surface area contributed by atoms with E-state index in [4.69, 9.17) is 0 Å². The lowest BCUT2D eigenvalue weighted by Crippen LogP contribution is -2.37. The summed E-state index contributed by atoms with van der Waals surface area (Å²) in [4.78, 5) is 9.71. The summed E-state index contributed by atoms with van der Waals surface area (Å²) in [6.07, 6.45) is 2.59. The van der Waals surface area contributed by atoms with Gasteiger partial charge in [0.1, 0.15) is 0 Å². The summed E-state index contributed by atoms with van der Waals surface area (Å²) in [5.74, 6) is 0. The summed E-state index contributed by atoms with van der Waals surface area (Å²) < 4.78 is 0. The Morgan fingerprint density at radius 1 is 1.27 bits per heavy atom. The molecule has 0 aromatic rings. The lowest BCUT2D eigenvalue weighted by atomic mass is 10.1. The minimum absolute atomic E-state index is 0.172. The quantitative estimate of drug-likeness (QED) is 0.448. The molecule has 3 nitrogen and oxygen atoms in total. The Bertz CT molecular complexity index is 107. The SMILES string of the molecule is CC(C)(C)NCCCN[C]=O. The molecule has 0 atom stereocenters. The number of amides is 1. The summed E-state index contributed by atoms with van der Waals surface area (Å²) in [5, 5.41) is 5.80. The molecule has 0 aliphatic heterocycles. The van der Waals surface area contributed by atoms with Crippen molar-refractivity contribution in [3.63, 3.8) is 0 Å². The summed E-state index contributed by atoms with van der Waals surface area (Å²) >= 11 is 0. The van der Waals surface area contributed by atoms with Crippen molar-refractivity contribution in [1.29, 1.82) is 0 Å². The molecule has 0 aromatic heterocycles. The molecule has 0 heterocycles. The topological polar surface area (TPSA) is 41.1 Å². The van der Waals surface area contributed by atoms with Gasteiger partial charge in [-0.15, -0.1) is 0 Å². The Morgan fingerprint density at radius 3 is 2.36 bits per heavy atom. The van der Waals surface area contributed by atoms with E-state index in [0.717, 1.165) is 13.0 Å². The van der Waals surface area contributed by atoms with E-state index < -0.39 is 0 Å². The van der Waals surface area contributed by atoms with Crippen LogP contribution in [0.15, 0.2) is 0 Å². The minimum atomic E-state index is 0.172. The highest BCUT2D eigenvalue weighted by Gasteiger charge is 2.06. The molecule has 0 aliphatic rings. The van der Waals surface area contributed by atoms with Crippen molar-refractivity contribution in [2.45, 2.75) is 32.7 Å². The van der Waals surface area contributed by atoms with E-state index >= 15 is 0 Å². The van der Waals surface area contributed by atoms with Crippen molar-refractivity contribution >= 4 is 6.41 Å². The fourth-order valence-corrected chi connectivity index (χ4v) is 0.691. The first kappa shape index (κ1) is 10.4. The fraction of sp³-hybridized carbons (Fsp3) is 0.875. The van der Waals surface area contributed by atoms with Gasteiger partial charge in [0.25, 0.3) is 0 Å². The maximum absolute atomic E-state index is 9.71. The van der Waals surface area contributed by atoms with Crippen LogP contribution in [-0.2, 0) is 4.79 Å². The lowest BCUT2D eigenvalue weighted by molar-refractivity contribution is 0.421. The molecular weight excluding hydrogens is 140 g/mol. The predicted molar refractivity (Wildman–Crippen MR) is 46.1 cm³/mol. The number of hydrogen-bond acceptors (Lipinski definition) is 2. The Balaban J connectivity index is 3.08. The second-order valence-corrected chi connectivity index (χ2v) is 3.56. The third kappa shape index (κ3) is 9.43. The average Bonchev–Trinajstić information content (AvgIpc) is 1.85. The first-order valence-electron chi connectivity index (χ1n) is 3.91. The molecule has 1 amide bonds. The molecule has 0 aliphatic carbocycles. The van der Waals surface area contributed by atoms with Gasteiger partial charge in [-0.05, 0) is 33.7 Å². The van der Waals surface area contributed by atoms with Crippen LogP contribution in [0.5, 0.6) is 0 Å². The van der Waals surface area contributed by atoms with E-state index in [1.165, 1.54) is 0 Å². The highest BCUT2D eigenvalue weighted by Crippen LogP contribution is 1.97. The van der Waals surface area contributed by atoms with Crippen molar-refractivity contribution in [2.24, 2.45) is 0 Å². The lowest BCUT2D eigenvalue weighted by Gasteiger charge is -2.20. The first-order valence-corrected chi connectivity index (χ1v) is 3.91. The molecule has 11 heavy (non-hydrogen) atoms. The second-order valence-electron chi connectivity index (χ2n) is 3.56. The molecule has 65 valence electrons. The summed E-state index contributed by atoms with van der Waals surface area (Å²) in [7, 11) is 0. The number of rotatable bonds is 5. The van der Waals surface area contributed by atoms with E-state index in [-0.39, 0.29) is 5.54 Å². The van der Waals surface area contributed by atoms with Crippen molar-refractivity contribution in [3.8, 4) is 0 Å². The van der Waals surface area contributed by atoms with E-state index in [1.54, 1.807) is 6.41 Å². The van der Waals surface area contributed by atoms with Crippen molar-refractivity contribution in [3.05, 3.63) is 0 Å². The zero-order valence-corrected chi connectivity index (χ0v) is 7.53. The molecule has 0 saturated carbocycles. The van der Waals surface area contributed by atoms with Gasteiger partial charge in [-0.1, -0.05) is 0 Å². The van der Waals surface area contributed by atoms with Crippen LogP contribution >= 0.6 is 0 Å². The Morgan fingerprint density at radius 2 is 1.91 bits per heavy atom. The fourth-order valence-electron chi connectivity index (χ4n) is 0.691. The van der Waals surface area contributed by atoms with Crippen molar-refractivity contribution in [1.82, 2.24) is 10.6 Å². The van der Waals surface area contributed by atoms with Gasteiger partial charge in [0.2, 0.25) is 0 Å². The van der Waals surface area contributed by atoms with Gasteiger partial charge in [0.05, 0.1) is 0 Å². The van der Waals surface area contributed by atoms with Gasteiger partial charge in [-0.25, -0.2) is 0 Å². The normalized spacial score (nSPS) is 11.2. The van der Waals surface area contributed by atoms with Crippen LogP contribution in [0.1, 0.15) is 27.2 Å². The van der Waals surface area contributed by atoms with Gasteiger partial charge in [-0.3, -0.25) is 4.79 Å². The number of hydrogen-bond donors (Lipinski definition) is 2. The second kappa shape index (κ2) is 5.13. The molecule has 0 aromatic carbocycles. The third-order valence-electron chi connectivity index (χ3n) is 1.21. The smallest absolute Gasteiger partial charge is 0.309 e. The Hall–Kier alpha value is -0.570. The van der Waals surface area contributed by atoms with E-state index in [9.17, 15) is 4.79 Å². The molecule has 0 rings (SSSR count). The standard InChI is InChI=1S/C8H17N2O/c1-8(2,3)10-6-4-5-9-7-11/h10H,4-6H2,1-3H3,(H,9,11). The van der Waals surface area contributed by atoms with Gasteiger partial charge >= 0.3 is 6.41 Å². The minimum Gasteiger partial charge on any atom is -0.348 e. The van der Waals surface area contributed by atoms with Crippen LogP contribution in [-0.4, -0.2) is 25.0 Å². The van der Waals surface area contributed by atoms with Crippen LogP contribution in [0.4, 0.5) is 0 Å². The van der Waals surface area contributed by atoms with E-state index in [0.29, 0.717) is 6.54 Å². The van der Waals surface area contributed by atoms with Crippen LogP contribution in [0.2, 0.25) is 0 Å². The maximum Gasteiger partial charge on any atom is 0.309 e. The van der Waals surface area contributed by atoms with Crippen LogP contribution < -0.4 is 10.6 Å². The van der Waals surface area contributed by atoms with Crippen LogP contribution in [0.3, 0.4) is 0 Å². The highest BCUT2D eigenvalue weighted by atomic mass is 16.1. The average molecular weight is 157 g/mol. The monoisotopic (exact) mass is 157 g/mol. The van der Waals surface area contributed by atoms with Crippen LogP contribution in [0.25, 0.3) is 0 Å². The number of carbonyl (C=O) groups excluding carboxylic acids is 1. The molecule has 1 radical (unpaired) electrons. The van der Waals surface area contributed by atoms with E-state index in [2.05, 4.69) is 31.4 Å². The van der Waals surface area contributed by atoms with Gasteiger partial charge in [0, 0.05) is 12.1 Å².